The predicted octanol–water partition coefficient (Wildman–Crippen LogP) is 4.02. The first kappa shape index (κ1) is 23.6. The van der Waals surface area contributed by atoms with Gasteiger partial charge in [0.05, 0.1) is 24.3 Å². The SMILES string of the molecule is CCOc1cc(C=N/N=C2\NC(=O)C(CC(=O)O)S2)cc(Cl)c1OCc1ccccc1C. The number of nitrogens with zero attached hydrogens (tertiary/aromatic N) is 2. The highest BCUT2D eigenvalue weighted by atomic mass is 35.5. The zero-order valence-corrected chi connectivity index (χ0v) is 19.1. The molecule has 1 atom stereocenters. The van der Waals surface area contributed by atoms with Crippen LogP contribution in [0.3, 0.4) is 0 Å². The fourth-order valence-corrected chi connectivity index (χ4v) is 4.07. The maximum Gasteiger partial charge on any atom is 0.305 e. The Bertz CT molecular complexity index is 1070. The lowest BCUT2D eigenvalue weighted by atomic mass is 10.1. The van der Waals surface area contributed by atoms with E-state index >= 15 is 0 Å². The van der Waals surface area contributed by atoms with Gasteiger partial charge in [-0.2, -0.15) is 5.10 Å². The number of halogens is 1. The van der Waals surface area contributed by atoms with Crippen molar-refractivity contribution in [3.63, 3.8) is 0 Å². The summed E-state index contributed by atoms with van der Waals surface area (Å²) in [5.41, 5.74) is 2.79. The minimum atomic E-state index is -1.05. The predicted molar refractivity (Wildman–Crippen MR) is 125 cm³/mol. The van der Waals surface area contributed by atoms with Crippen LogP contribution < -0.4 is 14.8 Å². The zero-order chi connectivity index (χ0) is 23.1. The monoisotopic (exact) mass is 475 g/mol. The summed E-state index contributed by atoms with van der Waals surface area (Å²) in [6.07, 6.45) is 1.18. The molecule has 0 spiro atoms. The highest BCUT2D eigenvalue weighted by Crippen LogP contribution is 2.37. The van der Waals surface area contributed by atoms with E-state index in [-0.39, 0.29) is 11.6 Å². The van der Waals surface area contributed by atoms with Crippen molar-refractivity contribution >= 4 is 46.6 Å². The second-order valence-corrected chi connectivity index (χ2v) is 8.42. The van der Waals surface area contributed by atoms with E-state index in [1.165, 1.54) is 6.21 Å². The Hall–Kier alpha value is -3.04. The smallest absolute Gasteiger partial charge is 0.305 e. The molecule has 0 aromatic heterocycles. The lowest BCUT2D eigenvalue weighted by molar-refractivity contribution is -0.138. The molecule has 168 valence electrons. The summed E-state index contributed by atoms with van der Waals surface area (Å²) in [7, 11) is 0. The Morgan fingerprint density at radius 1 is 1.31 bits per heavy atom. The van der Waals surface area contributed by atoms with Crippen molar-refractivity contribution in [3.05, 3.63) is 58.1 Å². The fraction of sp³-hybridized carbons (Fsp3) is 0.273. The van der Waals surface area contributed by atoms with Crippen LogP contribution in [0.5, 0.6) is 11.5 Å². The molecule has 1 aliphatic rings. The average molecular weight is 476 g/mol. The molecule has 2 aromatic carbocycles. The van der Waals surface area contributed by atoms with Crippen molar-refractivity contribution in [1.82, 2.24) is 5.32 Å². The number of amidine groups is 1. The number of carbonyl (C=O) groups excluding carboxylic acids is 1. The van der Waals surface area contributed by atoms with E-state index in [4.69, 9.17) is 26.2 Å². The second-order valence-electron chi connectivity index (χ2n) is 6.82. The van der Waals surface area contributed by atoms with Crippen LogP contribution in [0.1, 0.15) is 30.0 Å². The third-order valence-electron chi connectivity index (χ3n) is 4.46. The third-order valence-corrected chi connectivity index (χ3v) is 5.81. The van der Waals surface area contributed by atoms with Gasteiger partial charge in [-0.15, -0.1) is 5.10 Å². The van der Waals surface area contributed by atoms with Gasteiger partial charge in [-0.1, -0.05) is 47.6 Å². The maximum absolute atomic E-state index is 11.8. The molecule has 2 aromatic rings. The largest absolute Gasteiger partial charge is 0.490 e. The Morgan fingerprint density at radius 3 is 2.81 bits per heavy atom. The molecular formula is C22H22ClN3O5S. The van der Waals surface area contributed by atoms with Gasteiger partial charge in [-0.3, -0.25) is 9.59 Å². The second kappa shape index (κ2) is 11.0. The number of hydrogen-bond acceptors (Lipinski definition) is 7. The first-order valence-corrected chi connectivity index (χ1v) is 11.1. The van der Waals surface area contributed by atoms with E-state index in [1.807, 2.05) is 38.1 Å². The van der Waals surface area contributed by atoms with Crippen LogP contribution in [0.15, 0.2) is 46.6 Å². The van der Waals surface area contributed by atoms with Crippen LogP contribution in [0.2, 0.25) is 5.02 Å². The molecule has 32 heavy (non-hydrogen) atoms. The Kier molecular flexibility index (Phi) is 8.13. The normalized spacial score (nSPS) is 17.0. The van der Waals surface area contributed by atoms with Gasteiger partial charge in [0.1, 0.15) is 11.9 Å². The van der Waals surface area contributed by atoms with Crippen molar-refractivity contribution in [3.8, 4) is 11.5 Å². The summed E-state index contributed by atoms with van der Waals surface area (Å²) in [5, 5.41) is 19.2. The van der Waals surface area contributed by atoms with Gasteiger partial charge in [0, 0.05) is 5.56 Å². The summed E-state index contributed by atoms with van der Waals surface area (Å²) in [6, 6.07) is 11.3. The minimum Gasteiger partial charge on any atom is -0.490 e. The third kappa shape index (κ3) is 6.24. The number of nitrogens with one attached hydrogen (secondary N) is 1. The van der Waals surface area contributed by atoms with Crippen molar-refractivity contribution in [2.75, 3.05) is 6.61 Å². The van der Waals surface area contributed by atoms with Crippen molar-refractivity contribution in [2.24, 2.45) is 10.2 Å². The van der Waals surface area contributed by atoms with Crippen molar-refractivity contribution in [1.29, 1.82) is 0 Å². The molecule has 1 aliphatic heterocycles. The van der Waals surface area contributed by atoms with E-state index in [0.717, 1.165) is 22.9 Å². The van der Waals surface area contributed by atoms with Crippen LogP contribution in [-0.4, -0.2) is 40.2 Å². The first-order chi connectivity index (χ1) is 15.4. The van der Waals surface area contributed by atoms with E-state index < -0.39 is 17.1 Å². The van der Waals surface area contributed by atoms with Crippen LogP contribution in [-0.2, 0) is 16.2 Å². The number of benzene rings is 2. The number of carboxylic acid groups (broad SMARTS) is 1. The average Bonchev–Trinajstić information content (AvgIpc) is 3.07. The van der Waals surface area contributed by atoms with E-state index in [0.29, 0.717) is 35.3 Å². The van der Waals surface area contributed by atoms with E-state index in [2.05, 4.69) is 15.5 Å². The molecule has 2 N–H and O–H groups in total. The number of carboxylic acids is 1. The number of carbonyl (C=O) groups is 2. The number of aliphatic carboxylic acids is 1. The lowest BCUT2D eigenvalue weighted by Gasteiger charge is -2.15. The summed E-state index contributed by atoms with van der Waals surface area (Å²) < 4.78 is 11.7. The van der Waals surface area contributed by atoms with Crippen LogP contribution in [0.4, 0.5) is 0 Å². The van der Waals surface area contributed by atoms with E-state index in [1.54, 1.807) is 12.1 Å². The topological polar surface area (TPSA) is 110 Å². The lowest BCUT2D eigenvalue weighted by Crippen LogP contribution is -2.26. The van der Waals surface area contributed by atoms with Gasteiger partial charge in [0.25, 0.3) is 0 Å². The summed E-state index contributed by atoms with van der Waals surface area (Å²) in [5.74, 6) is -0.531. The number of rotatable bonds is 9. The summed E-state index contributed by atoms with van der Waals surface area (Å²) >= 11 is 7.48. The number of thioether (sulfide) groups is 1. The molecule has 3 rings (SSSR count). The van der Waals surface area contributed by atoms with Crippen molar-refractivity contribution < 1.29 is 24.2 Å². The van der Waals surface area contributed by atoms with Gasteiger partial charge in [0.2, 0.25) is 5.91 Å². The molecule has 0 aliphatic carbocycles. The van der Waals surface area contributed by atoms with Crippen LogP contribution in [0, 0.1) is 6.92 Å². The highest BCUT2D eigenvalue weighted by Gasteiger charge is 2.32. The Labute approximate surface area is 194 Å². The van der Waals surface area contributed by atoms with Gasteiger partial charge in [-0.25, -0.2) is 0 Å². The standard InChI is InChI=1S/C22H22ClN3O5S/c1-3-30-17-9-14(11-24-26-22-25-21(29)18(32-22)10-19(27)28)8-16(23)20(17)31-12-15-7-5-4-6-13(15)2/h4-9,11,18H,3,10,12H2,1-2H3,(H,27,28)(H,25,26,29). The molecule has 1 unspecified atom stereocenters. The molecule has 8 nitrogen and oxygen atoms in total. The maximum atomic E-state index is 11.8. The number of hydrogen-bond donors (Lipinski definition) is 2. The molecule has 0 saturated carbocycles. The zero-order valence-electron chi connectivity index (χ0n) is 17.5. The number of ether oxygens (including phenoxy) is 2. The fourth-order valence-electron chi connectivity index (χ4n) is 2.88. The molecule has 1 amide bonds. The van der Waals surface area contributed by atoms with Crippen molar-refractivity contribution in [2.45, 2.75) is 32.1 Å². The first-order valence-electron chi connectivity index (χ1n) is 9.81. The van der Waals surface area contributed by atoms with Gasteiger partial charge < -0.3 is 19.9 Å². The minimum absolute atomic E-state index is 0.242. The van der Waals surface area contributed by atoms with Crippen LogP contribution >= 0.6 is 23.4 Å². The molecule has 1 heterocycles. The molecule has 10 heteroatoms. The number of amides is 1. The van der Waals surface area contributed by atoms with Gasteiger partial charge >= 0.3 is 5.97 Å². The Morgan fingerprint density at radius 2 is 2.09 bits per heavy atom. The molecule has 0 radical (unpaired) electrons. The number of aryl methyl sites for hydroxylation is 1. The van der Waals surface area contributed by atoms with E-state index in [9.17, 15) is 9.59 Å². The molecular weight excluding hydrogens is 454 g/mol. The van der Waals surface area contributed by atoms with Gasteiger partial charge in [-0.05, 0) is 37.1 Å². The summed E-state index contributed by atoms with van der Waals surface area (Å²) in [6.45, 7) is 4.65. The van der Waals surface area contributed by atoms with Gasteiger partial charge in [0.15, 0.2) is 16.7 Å². The molecule has 0 bridgehead atoms. The Balaban J connectivity index is 1.73. The molecule has 1 fully saturated rings. The molecule has 1 saturated heterocycles. The summed E-state index contributed by atoms with van der Waals surface area (Å²) in [4.78, 5) is 22.6. The highest BCUT2D eigenvalue weighted by molar-refractivity contribution is 8.15. The van der Waals surface area contributed by atoms with Crippen LogP contribution in [0.25, 0.3) is 0 Å². The quantitative estimate of drug-likeness (QED) is 0.418.